The highest BCUT2D eigenvalue weighted by molar-refractivity contribution is 6.38. The molecule has 0 saturated heterocycles. The Morgan fingerprint density at radius 2 is 1.94 bits per heavy atom. The monoisotopic (exact) mass is 271 g/mol. The van der Waals surface area contributed by atoms with Crippen molar-refractivity contribution >= 4 is 23.2 Å². The number of nitrogens with zero attached hydrogens (tertiary/aromatic N) is 3. The van der Waals surface area contributed by atoms with Gasteiger partial charge in [0, 0.05) is 7.05 Å². The molecule has 0 fully saturated rings. The summed E-state index contributed by atoms with van der Waals surface area (Å²) >= 11 is 12.2. The van der Waals surface area contributed by atoms with Crippen LogP contribution in [-0.4, -0.2) is 21.4 Å². The molecule has 0 atom stereocenters. The Morgan fingerprint density at radius 1 is 1.29 bits per heavy atom. The molecule has 17 heavy (non-hydrogen) atoms. The fraction of sp³-hybridized carbons (Fsp3) is 0.273. The predicted octanol–water partition coefficient (Wildman–Crippen LogP) is 3.19. The van der Waals surface area contributed by atoms with Crippen molar-refractivity contribution in [1.29, 1.82) is 0 Å². The quantitative estimate of drug-likeness (QED) is 0.861. The molecule has 0 bridgehead atoms. The van der Waals surface area contributed by atoms with Gasteiger partial charge in [-0.25, -0.2) is 4.68 Å². The van der Waals surface area contributed by atoms with E-state index in [9.17, 15) is 0 Å². The van der Waals surface area contributed by atoms with Gasteiger partial charge in [0.15, 0.2) is 5.82 Å². The second-order valence-corrected chi connectivity index (χ2v) is 4.19. The van der Waals surface area contributed by atoms with Crippen LogP contribution < -0.4 is 4.74 Å². The van der Waals surface area contributed by atoms with E-state index in [1.54, 1.807) is 29.9 Å². The van der Waals surface area contributed by atoms with Crippen LogP contribution in [0.3, 0.4) is 0 Å². The predicted molar refractivity (Wildman–Crippen MR) is 67.6 cm³/mol. The molecule has 6 heteroatoms. The van der Waals surface area contributed by atoms with E-state index in [4.69, 9.17) is 27.9 Å². The summed E-state index contributed by atoms with van der Waals surface area (Å²) in [6.45, 7) is 2.42. The molecule has 0 aliphatic heterocycles. The summed E-state index contributed by atoms with van der Waals surface area (Å²) in [7, 11) is 1.76. The molecule has 2 rings (SSSR count). The maximum atomic E-state index is 6.09. The third-order valence-corrected chi connectivity index (χ3v) is 2.81. The fourth-order valence-electron chi connectivity index (χ4n) is 1.44. The van der Waals surface area contributed by atoms with Gasteiger partial charge in [0.05, 0.1) is 22.2 Å². The van der Waals surface area contributed by atoms with Crippen molar-refractivity contribution in [2.24, 2.45) is 7.05 Å². The minimum absolute atomic E-state index is 0.443. The number of rotatable bonds is 3. The van der Waals surface area contributed by atoms with Crippen LogP contribution in [0.15, 0.2) is 18.2 Å². The Bertz CT molecular complexity index is 519. The standard InChI is InChI=1S/C11H11Cl2N3O/c1-3-17-11-14-10(15-16(11)2)9-7(12)5-4-6-8(9)13/h4-6H,3H2,1-2H3. The summed E-state index contributed by atoms with van der Waals surface area (Å²) in [5.41, 5.74) is 0.623. The number of ether oxygens (including phenoxy) is 1. The number of aromatic nitrogens is 3. The van der Waals surface area contributed by atoms with E-state index < -0.39 is 0 Å². The highest BCUT2D eigenvalue weighted by Gasteiger charge is 2.15. The van der Waals surface area contributed by atoms with Crippen LogP contribution in [0.4, 0.5) is 0 Å². The Balaban J connectivity index is 2.50. The molecule has 0 N–H and O–H groups in total. The lowest BCUT2D eigenvalue weighted by molar-refractivity contribution is 0.297. The third kappa shape index (κ3) is 2.37. The molecule has 0 radical (unpaired) electrons. The molecule has 0 aliphatic rings. The molecule has 0 saturated carbocycles. The van der Waals surface area contributed by atoms with Crippen molar-refractivity contribution in [3.05, 3.63) is 28.2 Å². The largest absolute Gasteiger partial charge is 0.464 e. The van der Waals surface area contributed by atoms with Crippen molar-refractivity contribution in [2.45, 2.75) is 6.92 Å². The Kier molecular flexibility index (Phi) is 3.54. The molecule has 90 valence electrons. The summed E-state index contributed by atoms with van der Waals surface area (Å²) in [6.07, 6.45) is 0. The van der Waals surface area contributed by atoms with E-state index in [2.05, 4.69) is 10.1 Å². The number of benzene rings is 1. The van der Waals surface area contributed by atoms with Gasteiger partial charge in [-0.3, -0.25) is 0 Å². The van der Waals surface area contributed by atoms with E-state index in [0.29, 0.717) is 34.1 Å². The number of hydrogen-bond acceptors (Lipinski definition) is 3. The minimum Gasteiger partial charge on any atom is -0.464 e. The van der Waals surface area contributed by atoms with Crippen LogP contribution in [-0.2, 0) is 7.05 Å². The first-order chi connectivity index (χ1) is 8.13. The van der Waals surface area contributed by atoms with Crippen molar-refractivity contribution in [3.63, 3.8) is 0 Å². The van der Waals surface area contributed by atoms with Gasteiger partial charge in [-0.05, 0) is 19.1 Å². The molecule has 0 amide bonds. The summed E-state index contributed by atoms with van der Waals surface area (Å²) in [6, 6.07) is 5.72. The van der Waals surface area contributed by atoms with Crippen LogP contribution >= 0.6 is 23.2 Å². The Hall–Kier alpha value is -1.26. The van der Waals surface area contributed by atoms with E-state index in [0.717, 1.165) is 0 Å². The van der Waals surface area contributed by atoms with Crippen molar-refractivity contribution in [3.8, 4) is 17.4 Å². The molecule has 0 spiro atoms. The zero-order valence-corrected chi connectivity index (χ0v) is 11.0. The molecular formula is C11H11Cl2N3O. The van der Waals surface area contributed by atoms with Gasteiger partial charge in [-0.1, -0.05) is 29.3 Å². The van der Waals surface area contributed by atoms with Gasteiger partial charge in [0.2, 0.25) is 0 Å². The van der Waals surface area contributed by atoms with Crippen LogP contribution in [0.2, 0.25) is 10.0 Å². The summed E-state index contributed by atoms with van der Waals surface area (Å²) in [4.78, 5) is 4.25. The molecular weight excluding hydrogens is 261 g/mol. The van der Waals surface area contributed by atoms with Crippen molar-refractivity contribution < 1.29 is 4.74 Å². The maximum Gasteiger partial charge on any atom is 0.315 e. The smallest absolute Gasteiger partial charge is 0.315 e. The maximum absolute atomic E-state index is 6.09. The Labute approximate surface area is 109 Å². The molecule has 0 aliphatic carbocycles. The summed E-state index contributed by atoms with van der Waals surface area (Å²) < 4.78 is 6.88. The third-order valence-electron chi connectivity index (χ3n) is 2.18. The van der Waals surface area contributed by atoms with Crippen LogP contribution in [0.1, 0.15) is 6.92 Å². The molecule has 1 heterocycles. The average Bonchev–Trinajstić information content (AvgIpc) is 2.60. The SMILES string of the molecule is CCOc1nc(-c2c(Cl)cccc2Cl)nn1C. The molecule has 1 aromatic carbocycles. The average molecular weight is 272 g/mol. The van der Waals surface area contributed by atoms with Gasteiger partial charge in [0.1, 0.15) is 0 Å². The number of hydrogen-bond donors (Lipinski definition) is 0. The first-order valence-electron chi connectivity index (χ1n) is 5.11. The van der Waals surface area contributed by atoms with Gasteiger partial charge in [-0.15, -0.1) is 5.10 Å². The first-order valence-corrected chi connectivity index (χ1v) is 5.87. The minimum atomic E-state index is 0.443. The number of halogens is 2. The highest BCUT2D eigenvalue weighted by Crippen LogP contribution is 2.33. The fourth-order valence-corrected chi connectivity index (χ4v) is 2.01. The lowest BCUT2D eigenvalue weighted by Gasteiger charge is -2.01. The topological polar surface area (TPSA) is 39.9 Å². The summed E-state index contributed by atoms with van der Waals surface area (Å²) in [5, 5.41) is 5.27. The lowest BCUT2D eigenvalue weighted by atomic mass is 10.2. The van der Waals surface area contributed by atoms with Crippen molar-refractivity contribution in [2.75, 3.05) is 6.61 Å². The van der Waals surface area contributed by atoms with Gasteiger partial charge < -0.3 is 4.74 Å². The van der Waals surface area contributed by atoms with Gasteiger partial charge in [0.25, 0.3) is 0 Å². The van der Waals surface area contributed by atoms with E-state index in [1.165, 1.54) is 0 Å². The highest BCUT2D eigenvalue weighted by atomic mass is 35.5. The van der Waals surface area contributed by atoms with Crippen LogP contribution in [0.25, 0.3) is 11.4 Å². The molecule has 4 nitrogen and oxygen atoms in total. The van der Waals surface area contributed by atoms with Gasteiger partial charge in [-0.2, -0.15) is 4.98 Å². The molecule has 0 unspecified atom stereocenters. The zero-order chi connectivity index (χ0) is 12.4. The van der Waals surface area contributed by atoms with E-state index >= 15 is 0 Å². The normalized spacial score (nSPS) is 10.6. The van der Waals surface area contributed by atoms with Gasteiger partial charge >= 0.3 is 6.01 Å². The molecule has 2 aromatic rings. The van der Waals surface area contributed by atoms with Crippen LogP contribution in [0, 0.1) is 0 Å². The second kappa shape index (κ2) is 4.94. The summed E-state index contributed by atoms with van der Waals surface area (Å²) in [5.74, 6) is 0.464. The second-order valence-electron chi connectivity index (χ2n) is 3.37. The molecule has 1 aromatic heterocycles. The van der Waals surface area contributed by atoms with Crippen molar-refractivity contribution in [1.82, 2.24) is 14.8 Å². The van der Waals surface area contributed by atoms with E-state index in [-0.39, 0.29) is 0 Å². The lowest BCUT2D eigenvalue weighted by Crippen LogP contribution is -1.99. The Morgan fingerprint density at radius 3 is 2.53 bits per heavy atom. The number of aryl methyl sites for hydroxylation is 1. The zero-order valence-electron chi connectivity index (χ0n) is 9.44. The first kappa shape index (κ1) is 12.2. The van der Waals surface area contributed by atoms with Crippen LogP contribution in [0.5, 0.6) is 6.01 Å². The van der Waals surface area contributed by atoms with E-state index in [1.807, 2.05) is 6.92 Å².